The maximum Gasteiger partial charge on any atom is 0.293 e. The minimum atomic E-state index is -0.355. The number of rotatable bonds is 10. The summed E-state index contributed by atoms with van der Waals surface area (Å²) in [5.74, 6) is 1.23. The van der Waals surface area contributed by atoms with Crippen LogP contribution in [0.15, 0.2) is 47.4 Å². The SMILES string of the molecule is CCOc1cc(/C=C2\SC(=O)N(CCOc3ccc(C)cc3)C2=O)ccc1OCC(=O)N1CCCC1. The third-order valence-corrected chi connectivity index (χ3v) is 6.76. The molecule has 2 aromatic rings. The molecule has 36 heavy (non-hydrogen) atoms. The van der Waals surface area contributed by atoms with Crippen LogP contribution in [0.2, 0.25) is 0 Å². The lowest BCUT2D eigenvalue weighted by Crippen LogP contribution is -2.32. The van der Waals surface area contributed by atoms with Crippen LogP contribution in [0.4, 0.5) is 4.79 Å². The maximum atomic E-state index is 12.9. The van der Waals surface area contributed by atoms with Crippen LogP contribution in [-0.4, -0.2) is 66.3 Å². The molecule has 2 aromatic carbocycles. The summed E-state index contributed by atoms with van der Waals surface area (Å²) in [6.07, 6.45) is 3.71. The molecule has 0 N–H and O–H groups in total. The molecule has 0 spiro atoms. The quantitative estimate of drug-likeness (QED) is 0.435. The first-order valence-electron chi connectivity index (χ1n) is 12.1. The van der Waals surface area contributed by atoms with E-state index in [1.54, 1.807) is 29.2 Å². The highest BCUT2D eigenvalue weighted by Crippen LogP contribution is 2.34. The number of hydrogen-bond acceptors (Lipinski definition) is 7. The Kier molecular flexibility index (Phi) is 8.53. The molecule has 190 valence electrons. The second kappa shape index (κ2) is 12.0. The number of ether oxygens (including phenoxy) is 3. The lowest BCUT2D eigenvalue weighted by molar-refractivity contribution is -0.132. The van der Waals surface area contributed by atoms with Crippen LogP contribution in [0.25, 0.3) is 6.08 Å². The molecule has 2 saturated heterocycles. The molecular weight excluding hydrogens is 480 g/mol. The number of imide groups is 1. The molecule has 0 radical (unpaired) electrons. The van der Waals surface area contributed by atoms with Crippen molar-refractivity contribution in [1.29, 1.82) is 0 Å². The number of thioether (sulfide) groups is 1. The van der Waals surface area contributed by atoms with Gasteiger partial charge in [-0.1, -0.05) is 23.8 Å². The van der Waals surface area contributed by atoms with Crippen molar-refractivity contribution in [1.82, 2.24) is 9.80 Å². The summed E-state index contributed by atoms with van der Waals surface area (Å²) in [4.78, 5) is 40.9. The smallest absolute Gasteiger partial charge is 0.293 e. The lowest BCUT2D eigenvalue weighted by Gasteiger charge is -2.17. The van der Waals surface area contributed by atoms with Crippen LogP contribution in [0.1, 0.15) is 30.9 Å². The third-order valence-electron chi connectivity index (χ3n) is 5.85. The Balaban J connectivity index is 1.38. The number of carbonyl (C=O) groups is 3. The number of aryl methyl sites for hydroxylation is 1. The Morgan fingerprint density at radius 1 is 1.00 bits per heavy atom. The standard InChI is InChI=1S/C27H30N2O6S/c1-3-33-23-16-20(8-11-22(23)35-18-25(30)28-12-4-5-13-28)17-24-26(31)29(27(32)36-24)14-15-34-21-9-6-19(2)7-10-21/h6-11,16-17H,3-5,12-15,18H2,1-2H3/b24-17-. The van der Waals surface area contributed by atoms with Crippen molar-refractivity contribution in [2.24, 2.45) is 0 Å². The highest BCUT2D eigenvalue weighted by atomic mass is 32.2. The summed E-state index contributed by atoms with van der Waals surface area (Å²) in [5, 5.41) is -0.329. The summed E-state index contributed by atoms with van der Waals surface area (Å²) in [6, 6.07) is 12.8. The van der Waals surface area contributed by atoms with E-state index in [0.717, 1.165) is 43.3 Å². The molecule has 9 heteroatoms. The Morgan fingerprint density at radius 2 is 1.75 bits per heavy atom. The van der Waals surface area contributed by atoms with Crippen molar-refractivity contribution in [3.05, 3.63) is 58.5 Å². The molecule has 8 nitrogen and oxygen atoms in total. The molecule has 0 unspecified atom stereocenters. The normalized spacial score (nSPS) is 16.7. The zero-order chi connectivity index (χ0) is 25.5. The maximum absolute atomic E-state index is 12.9. The molecule has 0 saturated carbocycles. The van der Waals surface area contributed by atoms with Crippen molar-refractivity contribution in [2.75, 3.05) is 39.5 Å². The van der Waals surface area contributed by atoms with Gasteiger partial charge in [-0.05, 0) is 74.4 Å². The molecule has 0 bridgehead atoms. The van der Waals surface area contributed by atoms with Crippen molar-refractivity contribution in [2.45, 2.75) is 26.7 Å². The second-order valence-corrected chi connectivity index (χ2v) is 9.50. The Bertz CT molecular complexity index is 1140. The summed E-state index contributed by atoms with van der Waals surface area (Å²) in [6.45, 7) is 6.13. The van der Waals surface area contributed by atoms with E-state index in [-0.39, 0.29) is 36.8 Å². The number of carbonyl (C=O) groups excluding carboxylic acids is 3. The average molecular weight is 511 g/mol. The molecule has 2 aliphatic heterocycles. The van der Waals surface area contributed by atoms with Gasteiger partial charge < -0.3 is 19.1 Å². The van der Waals surface area contributed by atoms with Gasteiger partial charge in [-0.25, -0.2) is 0 Å². The highest BCUT2D eigenvalue weighted by molar-refractivity contribution is 8.18. The van der Waals surface area contributed by atoms with E-state index in [4.69, 9.17) is 14.2 Å². The second-order valence-electron chi connectivity index (χ2n) is 8.51. The number of nitrogens with zero attached hydrogens (tertiary/aromatic N) is 2. The lowest BCUT2D eigenvalue weighted by atomic mass is 10.2. The van der Waals surface area contributed by atoms with Gasteiger partial charge in [-0.15, -0.1) is 0 Å². The van der Waals surface area contributed by atoms with Gasteiger partial charge in [0.05, 0.1) is 18.1 Å². The fourth-order valence-electron chi connectivity index (χ4n) is 3.93. The minimum Gasteiger partial charge on any atom is -0.492 e. The molecule has 2 heterocycles. The zero-order valence-corrected chi connectivity index (χ0v) is 21.3. The predicted molar refractivity (Wildman–Crippen MR) is 138 cm³/mol. The molecule has 0 aliphatic carbocycles. The van der Waals surface area contributed by atoms with E-state index in [2.05, 4.69) is 0 Å². The number of benzene rings is 2. The summed E-state index contributed by atoms with van der Waals surface area (Å²) in [5.41, 5.74) is 1.82. The number of amides is 3. The Hall–Kier alpha value is -3.46. The van der Waals surface area contributed by atoms with Crippen molar-refractivity contribution >= 4 is 34.9 Å². The molecule has 0 aromatic heterocycles. The fraction of sp³-hybridized carbons (Fsp3) is 0.370. The van der Waals surface area contributed by atoms with Gasteiger partial charge >= 0.3 is 0 Å². The molecule has 4 rings (SSSR count). The Labute approximate surface area is 215 Å². The fourth-order valence-corrected chi connectivity index (χ4v) is 4.80. The van der Waals surface area contributed by atoms with Gasteiger partial charge in [0.2, 0.25) is 0 Å². The third kappa shape index (κ3) is 6.40. The van der Waals surface area contributed by atoms with Gasteiger partial charge in [0.15, 0.2) is 18.1 Å². The summed E-state index contributed by atoms with van der Waals surface area (Å²) >= 11 is 0.897. The van der Waals surface area contributed by atoms with Gasteiger partial charge in [0.25, 0.3) is 17.1 Å². The van der Waals surface area contributed by atoms with Gasteiger partial charge in [0.1, 0.15) is 12.4 Å². The molecule has 2 aliphatic rings. The van der Waals surface area contributed by atoms with Crippen molar-refractivity contribution < 1.29 is 28.6 Å². The first kappa shape index (κ1) is 25.6. The minimum absolute atomic E-state index is 0.0425. The monoisotopic (exact) mass is 510 g/mol. The first-order chi connectivity index (χ1) is 17.4. The highest BCUT2D eigenvalue weighted by Gasteiger charge is 2.34. The van der Waals surface area contributed by atoms with Crippen LogP contribution in [0.3, 0.4) is 0 Å². The van der Waals surface area contributed by atoms with Crippen molar-refractivity contribution in [3.8, 4) is 17.2 Å². The number of likely N-dealkylation sites (tertiary alicyclic amines) is 1. The van der Waals surface area contributed by atoms with E-state index in [1.165, 1.54) is 4.90 Å². The summed E-state index contributed by atoms with van der Waals surface area (Å²) in [7, 11) is 0. The molecule has 0 atom stereocenters. The van der Waals surface area contributed by atoms with E-state index >= 15 is 0 Å². The predicted octanol–water partition coefficient (Wildman–Crippen LogP) is 4.51. The van der Waals surface area contributed by atoms with E-state index < -0.39 is 0 Å². The summed E-state index contributed by atoms with van der Waals surface area (Å²) < 4.78 is 17.1. The average Bonchev–Trinajstić information content (AvgIpc) is 3.49. The first-order valence-corrected chi connectivity index (χ1v) is 12.9. The Morgan fingerprint density at radius 3 is 2.47 bits per heavy atom. The van der Waals surface area contributed by atoms with E-state index in [1.807, 2.05) is 38.1 Å². The number of hydrogen-bond donors (Lipinski definition) is 0. The largest absolute Gasteiger partial charge is 0.492 e. The molecule has 2 fully saturated rings. The van der Waals surface area contributed by atoms with Gasteiger partial charge in [-0.3, -0.25) is 19.3 Å². The molecule has 3 amide bonds. The molecular formula is C27H30N2O6S. The van der Waals surface area contributed by atoms with Crippen LogP contribution in [0.5, 0.6) is 17.2 Å². The van der Waals surface area contributed by atoms with Crippen molar-refractivity contribution in [3.63, 3.8) is 0 Å². The van der Waals surface area contributed by atoms with Gasteiger partial charge in [-0.2, -0.15) is 0 Å². The van der Waals surface area contributed by atoms with Gasteiger partial charge in [0, 0.05) is 13.1 Å². The van der Waals surface area contributed by atoms with E-state index in [0.29, 0.717) is 34.3 Å². The van der Waals surface area contributed by atoms with Crippen LogP contribution >= 0.6 is 11.8 Å². The van der Waals surface area contributed by atoms with Crippen LogP contribution in [-0.2, 0) is 9.59 Å². The zero-order valence-electron chi connectivity index (χ0n) is 20.5. The topological polar surface area (TPSA) is 85.4 Å². The van der Waals surface area contributed by atoms with Crippen LogP contribution in [0, 0.1) is 6.92 Å². The van der Waals surface area contributed by atoms with E-state index in [9.17, 15) is 14.4 Å². The van der Waals surface area contributed by atoms with Crippen LogP contribution < -0.4 is 14.2 Å².